The molecule has 1 heterocycles. The van der Waals surface area contributed by atoms with E-state index < -0.39 is 11.7 Å². The molecule has 24 heavy (non-hydrogen) atoms. The number of anilines is 1. The van der Waals surface area contributed by atoms with Gasteiger partial charge in [0.2, 0.25) is 11.8 Å². The molecule has 0 saturated carbocycles. The van der Waals surface area contributed by atoms with Crippen LogP contribution in [-0.4, -0.2) is 18.1 Å². The zero-order chi connectivity index (χ0) is 17.1. The van der Waals surface area contributed by atoms with Crippen LogP contribution in [0.5, 0.6) is 0 Å². The molecule has 1 aliphatic heterocycles. The van der Waals surface area contributed by atoms with Crippen LogP contribution in [0, 0.1) is 5.82 Å². The Labute approximate surface area is 143 Å². The van der Waals surface area contributed by atoms with Crippen molar-refractivity contribution >= 4 is 29.3 Å². The van der Waals surface area contributed by atoms with E-state index >= 15 is 0 Å². The normalized spacial score (nSPS) is 16.2. The Kier molecular flexibility index (Phi) is 4.85. The molecule has 3 rings (SSSR count). The molecular formula is C18H17FN2O2S. The third kappa shape index (κ3) is 3.59. The summed E-state index contributed by atoms with van der Waals surface area (Å²) in [6.07, 6.45) is 2.07. The Morgan fingerprint density at radius 1 is 1.29 bits per heavy atom. The second kappa shape index (κ2) is 7.05. The Balaban J connectivity index is 1.71. The van der Waals surface area contributed by atoms with E-state index in [4.69, 9.17) is 0 Å². The number of halogens is 1. The fraction of sp³-hybridized carbons (Fsp3) is 0.222. The summed E-state index contributed by atoms with van der Waals surface area (Å²) < 4.78 is 13.3. The van der Waals surface area contributed by atoms with Gasteiger partial charge in [0, 0.05) is 23.5 Å². The van der Waals surface area contributed by atoms with Crippen LogP contribution in [0.4, 0.5) is 10.1 Å². The first-order chi connectivity index (χ1) is 11.6. The van der Waals surface area contributed by atoms with Gasteiger partial charge in [-0.15, -0.1) is 11.8 Å². The van der Waals surface area contributed by atoms with Crippen molar-refractivity contribution < 1.29 is 14.0 Å². The average Bonchev–Trinajstić information content (AvgIpc) is 2.59. The second-order valence-corrected chi connectivity index (χ2v) is 6.48. The van der Waals surface area contributed by atoms with Crippen LogP contribution in [0.1, 0.15) is 23.5 Å². The van der Waals surface area contributed by atoms with Gasteiger partial charge >= 0.3 is 0 Å². The van der Waals surface area contributed by atoms with E-state index in [1.54, 1.807) is 17.8 Å². The lowest BCUT2D eigenvalue weighted by molar-refractivity contribution is -0.126. The Morgan fingerprint density at radius 3 is 2.75 bits per heavy atom. The summed E-state index contributed by atoms with van der Waals surface area (Å²) in [6.45, 7) is 0.391. The highest BCUT2D eigenvalue weighted by molar-refractivity contribution is 7.98. The van der Waals surface area contributed by atoms with Crippen molar-refractivity contribution in [2.24, 2.45) is 0 Å². The van der Waals surface area contributed by atoms with Gasteiger partial charge < -0.3 is 10.6 Å². The molecule has 0 spiro atoms. The van der Waals surface area contributed by atoms with E-state index in [0.717, 1.165) is 10.5 Å². The molecule has 0 fully saturated rings. The van der Waals surface area contributed by atoms with Crippen molar-refractivity contribution in [3.05, 3.63) is 59.4 Å². The minimum Gasteiger partial charge on any atom is -0.351 e. The topological polar surface area (TPSA) is 58.2 Å². The first kappa shape index (κ1) is 16.5. The predicted molar refractivity (Wildman–Crippen MR) is 92.5 cm³/mol. The minimum atomic E-state index is -0.597. The highest BCUT2D eigenvalue weighted by Gasteiger charge is 2.30. The summed E-state index contributed by atoms with van der Waals surface area (Å²) in [4.78, 5) is 25.4. The van der Waals surface area contributed by atoms with Gasteiger partial charge in [-0.25, -0.2) is 4.39 Å². The van der Waals surface area contributed by atoms with E-state index in [1.807, 2.05) is 30.5 Å². The highest BCUT2D eigenvalue weighted by Crippen LogP contribution is 2.32. The summed E-state index contributed by atoms with van der Waals surface area (Å²) >= 11 is 1.66. The molecule has 4 nitrogen and oxygen atoms in total. The van der Waals surface area contributed by atoms with Crippen molar-refractivity contribution in [1.82, 2.24) is 5.32 Å². The quantitative estimate of drug-likeness (QED) is 0.837. The van der Waals surface area contributed by atoms with Crippen molar-refractivity contribution in [3.8, 4) is 0 Å². The molecule has 124 valence electrons. The molecule has 0 radical (unpaired) electrons. The smallest absolute Gasteiger partial charge is 0.228 e. The number of hydrogen-bond donors (Lipinski definition) is 2. The zero-order valence-corrected chi connectivity index (χ0v) is 14.0. The molecule has 0 aliphatic carbocycles. The van der Waals surface area contributed by atoms with Crippen LogP contribution in [0.2, 0.25) is 0 Å². The molecule has 2 amide bonds. The van der Waals surface area contributed by atoms with Crippen molar-refractivity contribution in [1.29, 1.82) is 0 Å². The molecule has 0 aromatic heterocycles. The minimum absolute atomic E-state index is 0.0654. The standard InChI is InChI=1S/C18H17FN2O2S/c1-24-13-5-2-11(3-6-13)10-20-18(23)15-9-17(22)21-16-8-12(19)4-7-14(15)16/h2-8,15H,9-10H2,1H3,(H,20,23)(H,21,22). The zero-order valence-electron chi connectivity index (χ0n) is 13.1. The van der Waals surface area contributed by atoms with Crippen LogP contribution < -0.4 is 10.6 Å². The molecular weight excluding hydrogens is 327 g/mol. The number of carbonyl (C=O) groups excluding carboxylic acids is 2. The van der Waals surface area contributed by atoms with Crippen LogP contribution in [-0.2, 0) is 16.1 Å². The second-order valence-electron chi connectivity index (χ2n) is 5.60. The van der Waals surface area contributed by atoms with E-state index in [0.29, 0.717) is 17.8 Å². The van der Waals surface area contributed by atoms with Gasteiger partial charge in [-0.2, -0.15) is 0 Å². The number of carbonyl (C=O) groups is 2. The van der Waals surface area contributed by atoms with Crippen LogP contribution >= 0.6 is 11.8 Å². The first-order valence-electron chi connectivity index (χ1n) is 7.57. The molecule has 2 N–H and O–H groups in total. The average molecular weight is 344 g/mol. The lowest BCUT2D eigenvalue weighted by Crippen LogP contribution is -2.34. The van der Waals surface area contributed by atoms with Crippen molar-refractivity contribution in [3.63, 3.8) is 0 Å². The summed E-state index contributed by atoms with van der Waals surface area (Å²) in [7, 11) is 0. The van der Waals surface area contributed by atoms with E-state index in [-0.39, 0.29) is 18.2 Å². The lowest BCUT2D eigenvalue weighted by atomic mass is 9.89. The Bertz CT molecular complexity index is 777. The van der Waals surface area contributed by atoms with Crippen molar-refractivity contribution in [2.45, 2.75) is 23.8 Å². The maximum absolute atomic E-state index is 13.3. The number of rotatable bonds is 4. The monoisotopic (exact) mass is 344 g/mol. The maximum atomic E-state index is 13.3. The predicted octanol–water partition coefficient (Wildman–Crippen LogP) is 3.29. The Morgan fingerprint density at radius 2 is 2.04 bits per heavy atom. The van der Waals surface area contributed by atoms with Crippen molar-refractivity contribution in [2.75, 3.05) is 11.6 Å². The van der Waals surface area contributed by atoms with Crippen LogP contribution in [0.25, 0.3) is 0 Å². The molecule has 1 aliphatic rings. The van der Waals surface area contributed by atoms with Gasteiger partial charge in [-0.3, -0.25) is 9.59 Å². The first-order valence-corrected chi connectivity index (χ1v) is 8.79. The molecule has 0 bridgehead atoms. The lowest BCUT2D eigenvalue weighted by Gasteiger charge is -2.25. The number of fused-ring (bicyclic) bond motifs is 1. The number of benzene rings is 2. The number of nitrogens with one attached hydrogen (secondary N) is 2. The third-order valence-corrected chi connectivity index (χ3v) is 4.74. The molecule has 6 heteroatoms. The van der Waals surface area contributed by atoms with E-state index in [2.05, 4.69) is 10.6 Å². The molecule has 2 aromatic carbocycles. The third-order valence-electron chi connectivity index (χ3n) is 4.00. The number of amides is 2. The van der Waals surface area contributed by atoms with Gasteiger partial charge in [0.15, 0.2) is 0 Å². The molecule has 1 atom stereocenters. The summed E-state index contributed by atoms with van der Waals surface area (Å²) in [5, 5.41) is 5.47. The van der Waals surface area contributed by atoms with Crippen LogP contribution in [0.3, 0.4) is 0 Å². The van der Waals surface area contributed by atoms with Crippen LogP contribution in [0.15, 0.2) is 47.4 Å². The van der Waals surface area contributed by atoms with E-state index in [9.17, 15) is 14.0 Å². The van der Waals surface area contributed by atoms with Gasteiger partial charge in [0.25, 0.3) is 0 Å². The van der Waals surface area contributed by atoms with Gasteiger partial charge in [0.05, 0.1) is 5.92 Å². The maximum Gasteiger partial charge on any atom is 0.228 e. The fourth-order valence-electron chi connectivity index (χ4n) is 2.73. The molecule has 1 unspecified atom stereocenters. The van der Waals surface area contributed by atoms with Gasteiger partial charge in [-0.05, 0) is 41.6 Å². The summed E-state index contributed by atoms with van der Waals surface area (Å²) in [6, 6.07) is 12.0. The summed E-state index contributed by atoms with van der Waals surface area (Å²) in [5.41, 5.74) is 2.00. The number of hydrogen-bond acceptors (Lipinski definition) is 3. The fourth-order valence-corrected chi connectivity index (χ4v) is 3.14. The number of thioether (sulfide) groups is 1. The Hall–Kier alpha value is -2.34. The molecule has 0 saturated heterocycles. The van der Waals surface area contributed by atoms with Gasteiger partial charge in [-0.1, -0.05) is 18.2 Å². The SMILES string of the molecule is CSc1ccc(CNC(=O)C2CC(=O)Nc3cc(F)ccc32)cc1. The highest BCUT2D eigenvalue weighted by atomic mass is 32.2. The van der Waals surface area contributed by atoms with Gasteiger partial charge in [0.1, 0.15) is 5.82 Å². The summed E-state index contributed by atoms with van der Waals surface area (Å²) in [5.74, 6) is -1.55. The largest absolute Gasteiger partial charge is 0.351 e. The molecule has 2 aromatic rings. The van der Waals surface area contributed by atoms with E-state index in [1.165, 1.54) is 12.1 Å².